The number of halogens is 1. The molecule has 0 amide bonds. The first-order valence-electron chi connectivity index (χ1n) is 6.62. The minimum Gasteiger partial charge on any atom is -0.494 e. The number of aliphatic imine (C=N–C) groups is 1. The molecule has 0 aliphatic carbocycles. The van der Waals surface area contributed by atoms with E-state index in [4.69, 9.17) is 0 Å². The monoisotopic (exact) mass is 298 g/mol. The summed E-state index contributed by atoms with van der Waals surface area (Å²) >= 11 is 0. The maximum Gasteiger partial charge on any atom is 0.252 e. The Hall–Kier alpha value is -3.03. The number of aliphatic hydroxyl groups excluding tert-OH is 1. The van der Waals surface area contributed by atoms with E-state index in [2.05, 4.69) is 20.1 Å². The smallest absolute Gasteiger partial charge is 0.252 e. The fourth-order valence-electron chi connectivity index (χ4n) is 2.38. The molecule has 0 aromatic carbocycles. The van der Waals surface area contributed by atoms with Gasteiger partial charge in [-0.2, -0.15) is 10.1 Å². The van der Waals surface area contributed by atoms with Gasteiger partial charge >= 0.3 is 0 Å². The molecule has 8 heteroatoms. The van der Waals surface area contributed by atoms with Crippen molar-refractivity contribution >= 4 is 11.6 Å². The average molecular weight is 298 g/mol. The van der Waals surface area contributed by atoms with Crippen LogP contribution < -0.4 is 0 Å². The zero-order valence-electron chi connectivity index (χ0n) is 11.5. The molecule has 0 saturated heterocycles. The second-order valence-corrected chi connectivity index (χ2v) is 4.97. The highest BCUT2D eigenvalue weighted by molar-refractivity contribution is 5.97. The van der Waals surface area contributed by atoms with Gasteiger partial charge in [-0.1, -0.05) is 0 Å². The number of hydrogen-bond donors (Lipinski definition) is 1. The zero-order valence-corrected chi connectivity index (χ0v) is 11.5. The Bertz CT molecular complexity index is 894. The molecule has 1 unspecified atom stereocenters. The first kappa shape index (κ1) is 12.7. The maximum absolute atomic E-state index is 13.2. The molecule has 110 valence electrons. The number of rotatable bonds is 1. The normalized spacial score (nSPS) is 20.5. The van der Waals surface area contributed by atoms with E-state index in [1.54, 1.807) is 23.8 Å². The van der Waals surface area contributed by atoms with Gasteiger partial charge in [-0.25, -0.2) is 13.9 Å². The summed E-state index contributed by atoms with van der Waals surface area (Å²) in [6.45, 7) is 1.78. The molecule has 0 saturated carbocycles. The maximum atomic E-state index is 13.2. The summed E-state index contributed by atoms with van der Waals surface area (Å²) in [6.07, 6.45) is 8.92. The quantitative estimate of drug-likeness (QED) is 0.870. The van der Waals surface area contributed by atoms with E-state index in [-0.39, 0.29) is 5.88 Å². The lowest BCUT2D eigenvalue weighted by atomic mass is 10.1. The topological polar surface area (TPSA) is 78.9 Å². The Balaban J connectivity index is 1.76. The van der Waals surface area contributed by atoms with Crippen LogP contribution in [0.25, 0.3) is 5.78 Å². The molecule has 2 aliphatic rings. The van der Waals surface area contributed by atoms with Crippen LogP contribution in [0.15, 0.2) is 53.5 Å². The van der Waals surface area contributed by atoms with Crippen LogP contribution in [0.1, 0.15) is 17.4 Å². The highest BCUT2D eigenvalue weighted by Crippen LogP contribution is 2.28. The van der Waals surface area contributed by atoms with Gasteiger partial charge in [-0.15, -0.1) is 0 Å². The third kappa shape index (κ3) is 1.96. The lowest BCUT2D eigenvalue weighted by molar-refractivity contribution is 0.302. The van der Waals surface area contributed by atoms with Gasteiger partial charge in [0.15, 0.2) is 5.88 Å². The molecule has 2 aliphatic heterocycles. The molecular formula is C14H11FN6O. The van der Waals surface area contributed by atoms with E-state index in [0.717, 1.165) is 5.56 Å². The van der Waals surface area contributed by atoms with E-state index in [0.29, 0.717) is 17.4 Å². The van der Waals surface area contributed by atoms with Gasteiger partial charge in [0, 0.05) is 30.2 Å². The standard InChI is InChI=1S/C14H11FN6O/c1-8-17-14-16-5-9(6-21(14)19-8)11-4-13(22)20-7-10(15)2-3-12(20)18-11/h2-7,11,22H,1H3. The predicted molar refractivity (Wildman–Crippen MR) is 76.6 cm³/mol. The van der Waals surface area contributed by atoms with Crippen LogP contribution >= 0.6 is 0 Å². The van der Waals surface area contributed by atoms with Crippen LogP contribution in [0.4, 0.5) is 4.39 Å². The molecule has 1 atom stereocenters. The molecule has 0 bridgehead atoms. The average Bonchev–Trinajstić information content (AvgIpc) is 2.87. The van der Waals surface area contributed by atoms with E-state index < -0.39 is 11.9 Å². The Labute approximate surface area is 124 Å². The zero-order chi connectivity index (χ0) is 15.3. The summed E-state index contributed by atoms with van der Waals surface area (Å²) in [4.78, 5) is 14.2. The predicted octanol–water partition coefficient (Wildman–Crippen LogP) is 1.97. The summed E-state index contributed by atoms with van der Waals surface area (Å²) in [5.74, 6) is 1.06. The second kappa shape index (κ2) is 4.48. The SMILES string of the molecule is Cc1nc2ncc(C3C=C(O)N4C=C(F)C=CC4=N3)cn2n1. The van der Waals surface area contributed by atoms with Crippen molar-refractivity contribution in [1.29, 1.82) is 0 Å². The van der Waals surface area contributed by atoms with Crippen LogP contribution in [-0.4, -0.2) is 35.4 Å². The first-order chi connectivity index (χ1) is 10.6. The molecule has 2 aromatic rings. The molecule has 22 heavy (non-hydrogen) atoms. The van der Waals surface area contributed by atoms with E-state index in [1.165, 1.54) is 29.3 Å². The molecule has 0 radical (unpaired) electrons. The van der Waals surface area contributed by atoms with Gasteiger partial charge in [-0.05, 0) is 19.1 Å². The molecule has 0 fully saturated rings. The third-order valence-electron chi connectivity index (χ3n) is 3.38. The van der Waals surface area contributed by atoms with Crippen molar-refractivity contribution in [2.75, 3.05) is 0 Å². The van der Waals surface area contributed by atoms with Crippen molar-refractivity contribution in [3.8, 4) is 0 Å². The van der Waals surface area contributed by atoms with Crippen molar-refractivity contribution in [2.45, 2.75) is 13.0 Å². The fourth-order valence-corrected chi connectivity index (χ4v) is 2.38. The summed E-state index contributed by atoms with van der Waals surface area (Å²) < 4.78 is 14.8. The Kier molecular flexibility index (Phi) is 2.59. The van der Waals surface area contributed by atoms with E-state index in [9.17, 15) is 9.50 Å². The summed E-state index contributed by atoms with van der Waals surface area (Å²) in [6, 6.07) is -0.424. The fraction of sp³-hybridized carbons (Fsp3) is 0.143. The van der Waals surface area contributed by atoms with Crippen molar-refractivity contribution in [1.82, 2.24) is 24.5 Å². The second-order valence-electron chi connectivity index (χ2n) is 4.97. The first-order valence-corrected chi connectivity index (χ1v) is 6.62. The summed E-state index contributed by atoms with van der Waals surface area (Å²) in [5.41, 5.74) is 0.750. The van der Waals surface area contributed by atoms with Crippen LogP contribution in [0.5, 0.6) is 0 Å². The number of nitrogens with zero attached hydrogens (tertiary/aromatic N) is 6. The molecule has 1 N–H and O–H groups in total. The lowest BCUT2D eigenvalue weighted by Gasteiger charge is -2.27. The van der Waals surface area contributed by atoms with Crippen LogP contribution in [-0.2, 0) is 0 Å². The van der Waals surface area contributed by atoms with Crippen molar-refractivity contribution in [2.24, 2.45) is 4.99 Å². The van der Waals surface area contributed by atoms with Crippen molar-refractivity contribution < 1.29 is 9.50 Å². The van der Waals surface area contributed by atoms with Crippen molar-refractivity contribution in [3.63, 3.8) is 0 Å². The Morgan fingerprint density at radius 3 is 3.05 bits per heavy atom. The largest absolute Gasteiger partial charge is 0.494 e. The molecule has 4 heterocycles. The molecule has 2 aromatic heterocycles. The lowest BCUT2D eigenvalue weighted by Crippen LogP contribution is -2.29. The van der Waals surface area contributed by atoms with E-state index in [1.807, 2.05) is 0 Å². The number of fused-ring (bicyclic) bond motifs is 2. The molecule has 7 nitrogen and oxygen atoms in total. The number of aryl methyl sites for hydroxylation is 1. The number of aliphatic hydroxyl groups is 1. The van der Waals surface area contributed by atoms with Crippen LogP contribution in [0, 0.1) is 6.92 Å². The van der Waals surface area contributed by atoms with E-state index >= 15 is 0 Å². The molecule has 4 rings (SSSR count). The third-order valence-corrected chi connectivity index (χ3v) is 3.38. The Morgan fingerprint density at radius 1 is 1.32 bits per heavy atom. The number of amidine groups is 1. The van der Waals surface area contributed by atoms with Gasteiger partial charge in [0.25, 0.3) is 5.78 Å². The van der Waals surface area contributed by atoms with Gasteiger partial charge in [-0.3, -0.25) is 9.89 Å². The van der Waals surface area contributed by atoms with Gasteiger partial charge in [0.2, 0.25) is 0 Å². The molecule has 0 spiro atoms. The minimum atomic E-state index is -0.446. The number of hydrogen-bond acceptors (Lipinski definition) is 6. The summed E-state index contributed by atoms with van der Waals surface area (Å²) in [5, 5.41) is 14.3. The van der Waals surface area contributed by atoms with Crippen LogP contribution in [0.3, 0.4) is 0 Å². The summed E-state index contributed by atoms with van der Waals surface area (Å²) in [7, 11) is 0. The highest BCUT2D eigenvalue weighted by Gasteiger charge is 2.24. The van der Waals surface area contributed by atoms with Crippen LogP contribution in [0.2, 0.25) is 0 Å². The highest BCUT2D eigenvalue weighted by atomic mass is 19.1. The Morgan fingerprint density at radius 2 is 2.18 bits per heavy atom. The number of allylic oxidation sites excluding steroid dienone is 2. The van der Waals surface area contributed by atoms with Gasteiger partial charge in [0.05, 0.1) is 0 Å². The van der Waals surface area contributed by atoms with Gasteiger partial charge in [0.1, 0.15) is 23.5 Å². The van der Waals surface area contributed by atoms with Gasteiger partial charge < -0.3 is 5.11 Å². The number of aromatic nitrogens is 4. The van der Waals surface area contributed by atoms with Crippen molar-refractivity contribution in [3.05, 3.63) is 59.9 Å². The molecular weight excluding hydrogens is 287 g/mol. The minimum absolute atomic E-state index is 0.0793.